The van der Waals surface area contributed by atoms with Crippen molar-refractivity contribution in [3.05, 3.63) is 88.0 Å². The maximum absolute atomic E-state index is 15.1. The largest absolute Gasteiger partial charge is 0.495 e. The van der Waals surface area contributed by atoms with Crippen LogP contribution in [0.2, 0.25) is 5.02 Å². The van der Waals surface area contributed by atoms with E-state index in [9.17, 15) is 53.1 Å². The third kappa shape index (κ3) is 17.7. The van der Waals surface area contributed by atoms with E-state index in [4.69, 9.17) is 41.0 Å². The summed E-state index contributed by atoms with van der Waals surface area (Å²) in [5.41, 5.74) is 0.524. The maximum Gasteiger partial charge on any atom is 0.418 e. The van der Waals surface area contributed by atoms with Crippen molar-refractivity contribution in [2.45, 2.75) is 159 Å². The summed E-state index contributed by atoms with van der Waals surface area (Å²) in [6, 6.07) is 0.375. The van der Waals surface area contributed by atoms with Gasteiger partial charge < -0.3 is 65.6 Å². The zero-order valence-electron chi connectivity index (χ0n) is 51.7. The maximum atomic E-state index is 15.1. The van der Waals surface area contributed by atoms with Crippen molar-refractivity contribution in [1.82, 2.24) is 31.1 Å². The predicted molar refractivity (Wildman–Crippen MR) is 320 cm³/mol. The van der Waals surface area contributed by atoms with Gasteiger partial charge in [-0.1, -0.05) is 62.6 Å². The van der Waals surface area contributed by atoms with Crippen LogP contribution in [-0.2, 0) is 65.1 Å². The fourth-order valence-electron chi connectivity index (χ4n) is 10.8. The van der Waals surface area contributed by atoms with E-state index in [2.05, 4.69) is 26.6 Å². The molecular weight excluding hydrogens is 1210 g/mol. The molecule has 4 aliphatic heterocycles. The van der Waals surface area contributed by atoms with Gasteiger partial charge in [0.25, 0.3) is 17.7 Å². The summed E-state index contributed by atoms with van der Waals surface area (Å²) < 4.78 is 74.4. The first-order valence-electron chi connectivity index (χ1n) is 29.3. The molecule has 10 atom stereocenters. The number of nitrogens with two attached hydrogens (primary N) is 1. The number of esters is 1. The molecule has 4 aliphatic rings. The van der Waals surface area contributed by atoms with Crippen molar-refractivity contribution in [2.75, 3.05) is 51.6 Å². The van der Waals surface area contributed by atoms with E-state index in [1.54, 1.807) is 58.1 Å². The Kier molecular flexibility index (Phi) is 23.8. The number of urea groups is 1. The average molecular weight is 1290 g/mol. The number of amides is 10. The Bertz CT molecular complexity index is 3160. The lowest BCUT2D eigenvalue weighted by Crippen LogP contribution is -2.63. The number of hydrogen-bond acceptors (Lipinski definition) is 16. The number of hydrogen-bond donors (Lipinski definition) is 7. The first-order valence-corrected chi connectivity index (χ1v) is 29.7. The minimum absolute atomic E-state index is 0.0112. The lowest BCUT2D eigenvalue weighted by atomic mass is 9.83. The SMILES string of the molecule is COc1cc2cc(c1Cl)N(C)C(=O)C[C@H](OC(=O)[C@H](C)N(C)C(=O)c1ccc(NC(=O)[C@H](CCCNC(N)=O)NC(=O)[C@@H](NC(=O)CCCCCN3C(=O)C=CC3=O)C(C)C)c(C(F)(F)F)c1)[C@]1(C)O[C@H]1[C@H](C)[C@@H]1C[C@@](O)(NC(=O)O1)[C@H](OC)/C=C/C=C(\C)C2. The molecule has 0 aromatic heterocycles. The van der Waals surface area contributed by atoms with Crippen molar-refractivity contribution < 1.29 is 89.9 Å². The zero-order valence-corrected chi connectivity index (χ0v) is 52.5. The molecule has 0 aliphatic carbocycles. The number of alkyl halides is 3. The molecule has 4 heterocycles. The number of nitrogens with one attached hydrogen (secondary N) is 5. The second kappa shape index (κ2) is 30.2. The molecule has 2 aromatic carbocycles. The van der Waals surface area contributed by atoms with E-state index in [-0.39, 0.29) is 55.2 Å². The van der Waals surface area contributed by atoms with Crippen LogP contribution in [0.25, 0.3) is 0 Å². The first-order chi connectivity index (χ1) is 42.2. The number of fused-ring (bicyclic) bond motifs is 5. The number of epoxide rings is 1. The number of ether oxygens (including phenoxy) is 5. The number of carbonyl (C=O) groups is 10. The average Bonchev–Trinajstić information content (AvgIpc) is 1.56. The van der Waals surface area contributed by atoms with Crippen molar-refractivity contribution in [3.63, 3.8) is 0 Å². The Hall–Kier alpha value is -8.08. The van der Waals surface area contributed by atoms with Gasteiger partial charge in [-0.25, -0.2) is 14.4 Å². The molecule has 0 radical (unpaired) electrons. The smallest absolute Gasteiger partial charge is 0.418 e. The first kappa shape index (κ1) is 71.0. The third-order valence-corrected chi connectivity index (χ3v) is 16.7. The van der Waals surface area contributed by atoms with Gasteiger partial charge in [0.1, 0.15) is 52.8 Å². The highest BCUT2D eigenvalue weighted by Gasteiger charge is 2.64. The topological polar surface area (TPSA) is 336 Å². The molecule has 2 fully saturated rings. The number of alkyl carbamates (subject to hydrolysis) is 1. The highest BCUT2D eigenvalue weighted by molar-refractivity contribution is 6.35. The van der Waals surface area contributed by atoms with Crippen LogP contribution in [0.1, 0.15) is 114 Å². The fraction of sp³-hybridized carbons (Fsp3) is 0.541. The number of unbranched alkanes of at least 4 members (excludes halogenated alkanes) is 2. The van der Waals surface area contributed by atoms with Crippen LogP contribution in [0.3, 0.4) is 0 Å². The molecule has 0 spiro atoms. The van der Waals surface area contributed by atoms with Crippen LogP contribution in [0.5, 0.6) is 5.75 Å². The van der Waals surface area contributed by atoms with Gasteiger partial charge in [-0.3, -0.25) is 43.8 Å². The number of benzene rings is 2. The molecule has 90 heavy (non-hydrogen) atoms. The van der Waals surface area contributed by atoms with Gasteiger partial charge in [0.15, 0.2) is 5.72 Å². The van der Waals surface area contributed by atoms with Gasteiger partial charge in [-0.15, -0.1) is 0 Å². The predicted octanol–water partition coefficient (Wildman–Crippen LogP) is 5.35. The Morgan fingerprint density at radius 1 is 0.978 bits per heavy atom. The number of methoxy groups -OCH3 is 2. The van der Waals surface area contributed by atoms with Crippen LogP contribution in [0.4, 0.5) is 34.1 Å². The number of allylic oxidation sites excluding steroid dienone is 3. The molecular formula is C61H79ClF3N9O16. The number of carbonyl (C=O) groups excluding carboxylic acids is 10. The van der Waals surface area contributed by atoms with Gasteiger partial charge in [-0.05, 0) is 94.7 Å². The molecule has 4 bridgehead atoms. The Morgan fingerprint density at radius 3 is 2.30 bits per heavy atom. The summed E-state index contributed by atoms with van der Waals surface area (Å²) in [7, 11) is 5.34. The van der Waals surface area contributed by atoms with E-state index < -0.39 is 155 Å². The van der Waals surface area contributed by atoms with E-state index in [0.29, 0.717) is 37.3 Å². The molecule has 0 unspecified atom stereocenters. The molecule has 8 N–H and O–H groups in total. The van der Waals surface area contributed by atoms with Gasteiger partial charge in [-0.2, -0.15) is 13.2 Å². The molecule has 25 nitrogen and oxygen atoms in total. The second-order valence-electron chi connectivity index (χ2n) is 23.3. The van der Waals surface area contributed by atoms with Gasteiger partial charge in [0.05, 0.1) is 36.6 Å². The summed E-state index contributed by atoms with van der Waals surface area (Å²) >= 11 is 6.82. The summed E-state index contributed by atoms with van der Waals surface area (Å²) in [5, 5.41) is 24.1. The molecule has 0 saturated carbocycles. The standard InChI is InChI=1S/C61H79ClF3N9O16/c1-32(2)51(70-46(75)19-12-11-13-25-74-47(76)22-23-48(74)77)54(80)69-40(17-15-24-67-57(66)83)53(79)68-39-21-20-37(29-38(39)61(63,64)65)55(81)72(7)35(5)56(82)89-45-30-49(78)73(8)41-27-36(28-42(86-9)50(41)62)26-33(3)16-14-18-44(87-10)60(85)31-43(88-58(84)71-60)34(4)52-59(45,6)90-52/h14,16,18,20-23,27-29,32,34-35,40,43-45,51-52,85H,11-13,15,17,19,24-26,30-31H2,1-10H3,(H,68,79)(H,69,80)(H,70,75)(H,71,84)(H3,66,67,83)/b18-14+,33-16+/t34-,35+,40+,43+,44-,45+,51+,52+,59+,60+/m1/s1. The minimum atomic E-state index is -5.23. The fourth-order valence-corrected chi connectivity index (χ4v) is 11.1. The van der Waals surface area contributed by atoms with Crippen LogP contribution in [0.15, 0.2) is 66.3 Å². The number of halogens is 4. The number of likely N-dealkylation sites (N-methyl/N-ethyl adjacent to an activating group) is 1. The van der Waals surface area contributed by atoms with Crippen LogP contribution < -0.4 is 42.0 Å². The van der Waals surface area contributed by atoms with Gasteiger partial charge in [0.2, 0.25) is 23.6 Å². The number of nitrogens with zero attached hydrogens (tertiary/aromatic N) is 3. The van der Waals surface area contributed by atoms with Crippen molar-refractivity contribution in [1.29, 1.82) is 0 Å². The van der Waals surface area contributed by atoms with Crippen LogP contribution in [-0.4, -0.2) is 170 Å². The van der Waals surface area contributed by atoms with Crippen molar-refractivity contribution >= 4 is 82.4 Å². The zero-order chi connectivity index (χ0) is 66.7. The molecule has 10 amide bonds. The Balaban J connectivity index is 1.21. The molecule has 6 rings (SSSR count). The summed E-state index contributed by atoms with van der Waals surface area (Å²) in [4.78, 5) is 135. The van der Waals surface area contributed by atoms with E-state index >= 15 is 13.2 Å². The second-order valence-corrected chi connectivity index (χ2v) is 23.7. The summed E-state index contributed by atoms with van der Waals surface area (Å²) in [6.07, 6.45) is -2.85. The summed E-state index contributed by atoms with van der Waals surface area (Å²) in [5.74, 6) is -7.32. The number of rotatable bonds is 22. The highest BCUT2D eigenvalue weighted by atomic mass is 35.5. The number of aliphatic hydroxyl groups is 1. The quantitative estimate of drug-likeness (QED) is 0.0338. The molecule has 29 heteroatoms. The van der Waals surface area contributed by atoms with E-state index in [1.165, 1.54) is 33.1 Å². The number of anilines is 2. The summed E-state index contributed by atoms with van der Waals surface area (Å²) in [6.45, 7) is 9.60. The van der Waals surface area contributed by atoms with Gasteiger partial charge in [0, 0.05) is 70.8 Å². The van der Waals surface area contributed by atoms with Crippen LogP contribution in [0, 0.1) is 11.8 Å². The number of imide groups is 1. The van der Waals surface area contributed by atoms with E-state index in [0.717, 1.165) is 46.7 Å². The van der Waals surface area contributed by atoms with Crippen molar-refractivity contribution in [2.24, 2.45) is 17.6 Å². The molecule has 492 valence electrons. The third-order valence-electron chi connectivity index (χ3n) is 16.3. The van der Waals surface area contributed by atoms with Gasteiger partial charge >= 0.3 is 24.3 Å². The Morgan fingerprint density at radius 2 is 1.67 bits per heavy atom. The lowest BCUT2D eigenvalue weighted by molar-refractivity contribution is -0.158. The number of primary amides is 1. The molecule has 2 aromatic rings. The lowest BCUT2D eigenvalue weighted by Gasteiger charge is -2.42. The van der Waals surface area contributed by atoms with E-state index in [1.807, 2.05) is 6.92 Å². The monoisotopic (exact) mass is 1290 g/mol. The molecule has 2 saturated heterocycles. The highest BCUT2D eigenvalue weighted by Crippen LogP contribution is 2.49. The van der Waals surface area contributed by atoms with Crippen molar-refractivity contribution in [3.8, 4) is 5.75 Å². The normalized spacial score (nSPS) is 24.7. The van der Waals surface area contributed by atoms with Crippen LogP contribution >= 0.6 is 11.6 Å². The minimum Gasteiger partial charge on any atom is -0.495 e. The Labute approximate surface area is 523 Å².